The molecule has 0 saturated carbocycles. The number of benzene rings is 2. The minimum absolute atomic E-state index is 0.119. The molecule has 138 valence electrons. The van der Waals surface area contributed by atoms with Crippen molar-refractivity contribution in [1.29, 1.82) is 0 Å². The van der Waals surface area contributed by atoms with Gasteiger partial charge in [-0.05, 0) is 43.5 Å². The fourth-order valence-electron chi connectivity index (χ4n) is 3.34. The lowest BCUT2D eigenvalue weighted by molar-refractivity contribution is 0.329. The van der Waals surface area contributed by atoms with Gasteiger partial charge in [-0.25, -0.2) is 8.42 Å². The minimum Gasteiger partial charge on any atom is -0.361 e. The highest BCUT2D eigenvalue weighted by atomic mass is 32.2. The first kappa shape index (κ1) is 18.7. The van der Waals surface area contributed by atoms with E-state index in [0.29, 0.717) is 17.9 Å². The van der Waals surface area contributed by atoms with Gasteiger partial charge in [-0.3, -0.25) is 0 Å². The maximum Gasteiger partial charge on any atom is 0.243 e. The number of hydrogen-bond donors (Lipinski definition) is 1. The van der Waals surface area contributed by atoms with E-state index in [4.69, 9.17) is 0 Å². The highest BCUT2D eigenvalue weighted by molar-refractivity contribution is 7.89. The molecule has 0 aliphatic heterocycles. The van der Waals surface area contributed by atoms with Gasteiger partial charge in [-0.2, -0.15) is 4.31 Å². The molecule has 3 rings (SSSR count). The van der Waals surface area contributed by atoms with Gasteiger partial charge in [-0.15, -0.1) is 0 Å². The van der Waals surface area contributed by atoms with Crippen LogP contribution in [0.2, 0.25) is 0 Å². The molecular weight excluding hydrogens is 344 g/mol. The minimum atomic E-state index is -3.51. The normalized spacial score (nSPS) is 13.3. The molecule has 0 spiro atoms. The zero-order chi connectivity index (χ0) is 18.6. The SMILES string of the molecule is CCCCN(C(C)Cc1c[nH]c2ccccc12)S(=O)(=O)c1ccccc1. The molecule has 2 aromatic carbocycles. The highest BCUT2D eigenvalue weighted by Gasteiger charge is 2.28. The predicted octanol–water partition coefficient (Wildman–Crippen LogP) is 4.59. The molecule has 4 nitrogen and oxygen atoms in total. The number of hydrogen-bond acceptors (Lipinski definition) is 2. The zero-order valence-electron chi connectivity index (χ0n) is 15.4. The molecule has 1 N–H and O–H groups in total. The van der Waals surface area contributed by atoms with Gasteiger partial charge in [-0.1, -0.05) is 49.7 Å². The Hall–Kier alpha value is -2.11. The number of sulfonamides is 1. The third-order valence-corrected chi connectivity index (χ3v) is 6.79. The van der Waals surface area contributed by atoms with E-state index in [1.165, 1.54) is 0 Å². The van der Waals surface area contributed by atoms with E-state index < -0.39 is 10.0 Å². The molecule has 1 atom stereocenters. The second-order valence-corrected chi connectivity index (χ2v) is 8.59. The van der Waals surface area contributed by atoms with Gasteiger partial charge in [0.05, 0.1) is 4.90 Å². The lowest BCUT2D eigenvalue weighted by Gasteiger charge is -2.28. The number of fused-ring (bicyclic) bond motifs is 1. The first-order valence-electron chi connectivity index (χ1n) is 9.16. The first-order valence-corrected chi connectivity index (χ1v) is 10.6. The number of aromatic nitrogens is 1. The molecular formula is C21H26N2O2S. The summed E-state index contributed by atoms with van der Waals surface area (Å²) in [6.07, 6.45) is 4.49. The third-order valence-electron chi connectivity index (χ3n) is 4.76. The molecule has 0 aliphatic rings. The Morgan fingerprint density at radius 2 is 1.73 bits per heavy atom. The maximum absolute atomic E-state index is 13.2. The van der Waals surface area contributed by atoms with Crippen LogP contribution in [0.25, 0.3) is 10.9 Å². The fourth-order valence-corrected chi connectivity index (χ4v) is 5.03. The van der Waals surface area contributed by atoms with E-state index in [1.807, 2.05) is 37.4 Å². The smallest absolute Gasteiger partial charge is 0.243 e. The molecule has 0 amide bonds. The van der Waals surface area contributed by atoms with Crippen molar-refractivity contribution >= 4 is 20.9 Å². The Bertz CT molecular complexity index is 948. The van der Waals surface area contributed by atoms with Crippen LogP contribution in [-0.4, -0.2) is 30.3 Å². The fraction of sp³-hybridized carbons (Fsp3) is 0.333. The number of nitrogens with one attached hydrogen (secondary N) is 1. The highest BCUT2D eigenvalue weighted by Crippen LogP contribution is 2.24. The number of nitrogens with zero attached hydrogens (tertiary/aromatic N) is 1. The Balaban J connectivity index is 1.89. The van der Waals surface area contributed by atoms with Crippen LogP contribution in [0.4, 0.5) is 0 Å². The maximum atomic E-state index is 13.2. The Labute approximate surface area is 155 Å². The summed E-state index contributed by atoms with van der Waals surface area (Å²) >= 11 is 0. The van der Waals surface area contributed by atoms with Crippen molar-refractivity contribution in [3.63, 3.8) is 0 Å². The molecule has 0 bridgehead atoms. The van der Waals surface area contributed by atoms with Crippen molar-refractivity contribution in [3.05, 3.63) is 66.4 Å². The van der Waals surface area contributed by atoms with E-state index in [-0.39, 0.29) is 6.04 Å². The van der Waals surface area contributed by atoms with Gasteiger partial charge in [0.25, 0.3) is 0 Å². The molecule has 5 heteroatoms. The summed E-state index contributed by atoms with van der Waals surface area (Å²) in [4.78, 5) is 3.64. The van der Waals surface area contributed by atoms with E-state index in [1.54, 1.807) is 28.6 Å². The van der Waals surface area contributed by atoms with Crippen molar-refractivity contribution in [1.82, 2.24) is 9.29 Å². The van der Waals surface area contributed by atoms with Crippen molar-refractivity contribution in [2.75, 3.05) is 6.54 Å². The number of para-hydroxylation sites is 1. The standard InChI is InChI=1S/C21H26N2O2S/c1-3-4-14-23(26(24,25)19-10-6-5-7-11-19)17(2)15-18-16-22-21-13-9-8-12-20(18)21/h5-13,16-17,22H,3-4,14-15H2,1-2H3. The molecule has 26 heavy (non-hydrogen) atoms. The van der Waals surface area contributed by atoms with Crippen molar-refractivity contribution in [2.45, 2.75) is 44.0 Å². The van der Waals surface area contributed by atoms with Gasteiger partial charge in [0.15, 0.2) is 0 Å². The van der Waals surface area contributed by atoms with Crippen LogP contribution in [0, 0.1) is 0 Å². The average molecular weight is 371 g/mol. The van der Waals surface area contributed by atoms with Crippen molar-refractivity contribution < 1.29 is 8.42 Å². The molecule has 0 saturated heterocycles. The van der Waals surface area contributed by atoms with E-state index >= 15 is 0 Å². The monoisotopic (exact) mass is 370 g/mol. The number of aromatic amines is 1. The third kappa shape index (κ3) is 3.84. The molecule has 1 unspecified atom stereocenters. The van der Waals surface area contributed by atoms with Crippen molar-refractivity contribution in [2.24, 2.45) is 0 Å². The van der Waals surface area contributed by atoms with Crippen LogP contribution in [0.1, 0.15) is 32.3 Å². The molecule has 1 aromatic heterocycles. The molecule has 0 fully saturated rings. The summed E-state index contributed by atoms with van der Waals surface area (Å²) in [5.41, 5.74) is 2.23. The Kier molecular flexibility index (Phi) is 5.79. The van der Waals surface area contributed by atoms with Gasteiger partial charge < -0.3 is 4.98 Å². The summed E-state index contributed by atoms with van der Waals surface area (Å²) in [7, 11) is -3.51. The van der Waals surface area contributed by atoms with E-state index in [2.05, 4.69) is 18.0 Å². The predicted molar refractivity (Wildman–Crippen MR) is 107 cm³/mol. The lowest BCUT2D eigenvalue weighted by Crippen LogP contribution is -2.40. The number of unbranched alkanes of at least 4 members (excludes halogenated alkanes) is 1. The Morgan fingerprint density at radius 3 is 2.46 bits per heavy atom. The van der Waals surface area contributed by atoms with Crippen LogP contribution < -0.4 is 0 Å². The topological polar surface area (TPSA) is 53.2 Å². The summed E-state index contributed by atoms with van der Waals surface area (Å²) in [5, 5.41) is 1.16. The molecule has 0 aliphatic carbocycles. The molecule has 3 aromatic rings. The summed E-state index contributed by atoms with van der Waals surface area (Å²) in [6, 6.07) is 16.7. The number of rotatable bonds is 8. The second-order valence-electron chi connectivity index (χ2n) is 6.70. The van der Waals surface area contributed by atoms with Crippen molar-refractivity contribution in [3.8, 4) is 0 Å². The molecule has 1 heterocycles. The van der Waals surface area contributed by atoms with Gasteiger partial charge >= 0.3 is 0 Å². The van der Waals surface area contributed by atoms with Crippen LogP contribution in [0.5, 0.6) is 0 Å². The second kappa shape index (κ2) is 8.06. The van der Waals surface area contributed by atoms with Crippen LogP contribution in [0.3, 0.4) is 0 Å². The van der Waals surface area contributed by atoms with Crippen LogP contribution in [-0.2, 0) is 16.4 Å². The lowest BCUT2D eigenvalue weighted by atomic mass is 10.1. The zero-order valence-corrected chi connectivity index (χ0v) is 16.2. The quantitative estimate of drug-likeness (QED) is 0.630. The Morgan fingerprint density at radius 1 is 1.04 bits per heavy atom. The summed E-state index contributed by atoms with van der Waals surface area (Å²) in [5.74, 6) is 0. The van der Waals surface area contributed by atoms with E-state index in [9.17, 15) is 8.42 Å². The van der Waals surface area contributed by atoms with E-state index in [0.717, 1.165) is 29.3 Å². The summed E-state index contributed by atoms with van der Waals surface area (Å²) < 4.78 is 28.0. The molecule has 0 radical (unpaired) electrons. The van der Waals surface area contributed by atoms with Gasteiger partial charge in [0.2, 0.25) is 10.0 Å². The van der Waals surface area contributed by atoms with Crippen LogP contribution >= 0.6 is 0 Å². The average Bonchev–Trinajstić information content (AvgIpc) is 3.05. The van der Waals surface area contributed by atoms with Gasteiger partial charge in [0, 0.05) is 29.7 Å². The van der Waals surface area contributed by atoms with Crippen LogP contribution in [0.15, 0.2) is 65.7 Å². The van der Waals surface area contributed by atoms with Gasteiger partial charge in [0.1, 0.15) is 0 Å². The number of H-pyrrole nitrogens is 1. The first-order chi connectivity index (χ1) is 12.5. The largest absolute Gasteiger partial charge is 0.361 e. The summed E-state index contributed by atoms with van der Waals surface area (Å²) in [6.45, 7) is 4.62.